The number of hydrogen-bond acceptors (Lipinski definition) is 6. The first-order chi connectivity index (χ1) is 10.6. The Kier molecular flexibility index (Phi) is 4.20. The molecular weight excluding hydrogens is 278 g/mol. The minimum atomic E-state index is -0.204. The van der Waals surface area contributed by atoms with Crippen molar-refractivity contribution in [2.45, 2.75) is 38.2 Å². The third-order valence-electron chi connectivity index (χ3n) is 3.93. The van der Waals surface area contributed by atoms with E-state index in [0.29, 0.717) is 5.92 Å². The van der Waals surface area contributed by atoms with Crippen molar-refractivity contribution in [2.24, 2.45) is 0 Å². The topological polar surface area (TPSA) is 97.0 Å². The van der Waals surface area contributed by atoms with Gasteiger partial charge in [-0.05, 0) is 31.9 Å². The van der Waals surface area contributed by atoms with Crippen molar-refractivity contribution in [2.75, 3.05) is 17.6 Å². The van der Waals surface area contributed by atoms with Gasteiger partial charge in [-0.25, -0.2) is 4.98 Å². The maximum atomic E-state index is 9.41. The Labute approximate surface area is 129 Å². The highest BCUT2D eigenvalue weighted by Gasteiger charge is 2.30. The third-order valence-corrected chi connectivity index (χ3v) is 3.93. The Morgan fingerprint density at radius 2 is 2.09 bits per heavy atom. The van der Waals surface area contributed by atoms with Crippen LogP contribution in [0.3, 0.4) is 0 Å². The van der Waals surface area contributed by atoms with E-state index in [-0.39, 0.29) is 12.1 Å². The van der Waals surface area contributed by atoms with Gasteiger partial charge in [0.25, 0.3) is 0 Å². The summed E-state index contributed by atoms with van der Waals surface area (Å²) in [6.45, 7) is 2.72. The van der Waals surface area contributed by atoms with Crippen molar-refractivity contribution in [1.82, 2.24) is 15.0 Å². The molecule has 0 atom stereocenters. The Balaban J connectivity index is 1.60. The van der Waals surface area contributed by atoms with E-state index in [2.05, 4.69) is 20.3 Å². The van der Waals surface area contributed by atoms with Crippen LogP contribution in [0.25, 0.3) is 0 Å². The predicted octanol–water partition coefficient (Wildman–Crippen LogP) is 1.66. The standard InChI is InChI=1S/C16H21N5O/c1-10-3-2-4-12(19-10)5-6-18-15-9-14(20-16(17)21-15)11-7-13(22)8-11/h2-4,9,11,13,22H,5-8H2,1H3,(H3,17,18,20,21). The minimum absolute atomic E-state index is 0.204. The summed E-state index contributed by atoms with van der Waals surface area (Å²) in [6.07, 6.45) is 2.12. The fourth-order valence-corrected chi connectivity index (χ4v) is 2.67. The predicted molar refractivity (Wildman–Crippen MR) is 85.6 cm³/mol. The van der Waals surface area contributed by atoms with E-state index in [1.165, 1.54) is 0 Å². The summed E-state index contributed by atoms with van der Waals surface area (Å²) in [5, 5.41) is 12.7. The summed E-state index contributed by atoms with van der Waals surface area (Å²) in [4.78, 5) is 13.0. The van der Waals surface area contributed by atoms with E-state index in [1.807, 2.05) is 31.2 Å². The zero-order chi connectivity index (χ0) is 15.5. The molecule has 22 heavy (non-hydrogen) atoms. The first-order valence-corrected chi connectivity index (χ1v) is 7.59. The molecule has 0 aromatic carbocycles. The van der Waals surface area contributed by atoms with Gasteiger partial charge in [0.2, 0.25) is 5.95 Å². The van der Waals surface area contributed by atoms with Gasteiger partial charge >= 0.3 is 0 Å². The van der Waals surface area contributed by atoms with Gasteiger partial charge in [-0.15, -0.1) is 0 Å². The molecule has 2 aromatic rings. The molecule has 0 aliphatic heterocycles. The van der Waals surface area contributed by atoms with E-state index in [0.717, 1.165) is 48.7 Å². The smallest absolute Gasteiger partial charge is 0.222 e. The maximum Gasteiger partial charge on any atom is 0.222 e. The highest BCUT2D eigenvalue weighted by Crippen LogP contribution is 2.36. The van der Waals surface area contributed by atoms with Crippen LogP contribution in [0.5, 0.6) is 0 Å². The maximum absolute atomic E-state index is 9.41. The number of nitrogen functional groups attached to an aromatic ring is 1. The molecule has 6 nitrogen and oxygen atoms in total. The quantitative estimate of drug-likeness (QED) is 0.777. The number of nitrogens with one attached hydrogen (secondary N) is 1. The molecule has 116 valence electrons. The number of hydrogen-bond donors (Lipinski definition) is 3. The van der Waals surface area contributed by atoms with Gasteiger partial charge < -0.3 is 16.2 Å². The average molecular weight is 299 g/mol. The molecule has 0 saturated heterocycles. The zero-order valence-corrected chi connectivity index (χ0v) is 12.7. The number of pyridine rings is 1. The second-order valence-electron chi connectivity index (χ2n) is 5.81. The lowest BCUT2D eigenvalue weighted by Gasteiger charge is -2.30. The highest BCUT2D eigenvalue weighted by molar-refractivity contribution is 5.42. The number of aromatic nitrogens is 3. The first-order valence-electron chi connectivity index (χ1n) is 7.59. The van der Waals surface area contributed by atoms with E-state index in [9.17, 15) is 5.11 Å². The van der Waals surface area contributed by atoms with E-state index >= 15 is 0 Å². The minimum Gasteiger partial charge on any atom is -0.393 e. The molecule has 1 aliphatic carbocycles. The summed E-state index contributed by atoms with van der Waals surface area (Å²) in [7, 11) is 0. The van der Waals surface area contributed by atoms with Gasteiger partial charge in [0.15, 0.2) is 0 Å². The number of aryl methyl sites for hydroxylation is 1. The molecule has 1 aliphatic rings. The van der Waals surface area contributed by atoms with Crippen molar-refractivity contribution in [3.05, 3.63) is 41.3 Å². The van der Waals surface area contributed by atoms with Crippen LogP contribution in [0.4, 0.5) is 11.8 Å². The van der Waals surface area contributed by atoms with Crippen LogP contribution in [-0.2, 0) is 6.42 Å². The molecule has 0 bridgehead atoms. The Morgan fingerprint density at radius 3 is 2.82 bits per heavy atom. The van der Waals surface area contributed by atoms with Crippen LogP contribution < -0.4 is 11.1 Å². The van der Waals surface area contributed by atoms with Crippen molar-refractivity contribution >= 4 is 11.8 Å². The van der Waals surface area contributed by atoms with E-state index < -0.39 is 0 Å². The van der Waals surface area contributed by atoms with Crippen molar-refractivity contribution < 1.29 is 5.11 Å². The summed E-state index contributed by atoms with van der Waals surface area (Å²) in [5.41, 5.74) is 8.76. The van der Waals surface area contributed by atoms with E-state index in [1.54, 1.807) is 0 Å². The molecule has 1 fully saturated rings. The lowest BCUT2D eigenvalue weighted by molar-refractivity contribution is 0.0732. The number of aliphatic hydroxyl groups is 1. The molecule has 1 saturated carbocycles. The van der Waals surface area contributed by atoms with Gasteiger partial charge in [0.05, 0.1) is 11.8 Å². The fraction of sp³-hybridized carbons (Fsp3) is 0.438. The highest BCUT2D eigenvalue weighted by atomic mass is 16.3. The molecule has 6 heteroatoms. The van der Waals surface area contributed by atoms with Gasteiger partial charge in [-0.2, -0.15) is 4.98 Å². The molecule has 2 aromatic heterocycles. The third kappa shape index (κ3) is 3.51. The van der Waals surface area contributed by atoms with Crippen LogP contribution in [0, 0.1) is 6.92 Å². The number of nitrogens with two attached hydrogens (primary N) is 1. The van der Waals surface area contributed by atoms with Gasteiger partial charge in [-0.3, -0.25) is 4.98 Å². The monoisotopic (exact) mass is 299 g/mol. The number of rotatable bonds is 5. The van der Waals surface area contributed by atoms with Gasteiger partial charge in [0, 0.05) is 36.3 Å². The van der Waals surface area contributed by atoms with Crippen LogP contribution in [0.15, 0.2) is 24.3 Å². The van der Waals surface area contributed by atoms with Crippen LogP contribution >= 0.6 is 0 Å². The second-order valence-corrected chi connectivity index (χ2v) is 5.81. The lowest BCUT2D eigenvalue weighted by atomic mass is 9.80. The molecule has 0 unspecified atom stereocenters. The Morgan fingerprint density at radius 1 is 1.27 bits per heavy atom. The molecule has 4 N–H and O–H groups in total. The van der Waals surface area contributed by atoms with Crippen molar-refractivity contribution in [1.29, 1.82) is 0 Å². The van der Waals surface area contributed by atoms with Gasteiger partial charge in [0.1, 0.15) is 5.82 Å². The summed E-state index contributed by atoms with van der Waals surface area (Å²) >= 11 is 0. The SMILES string of the molecule is Cc1cccc(CCNc2cc(C3CC(O)C3)nc(N)n2)n1. The van der Waals surface area contributed by atoms with E-state index in [4.69, 9.17) is 5.73 Å². The number of anilines is 2. The summed E-state index contributed by atoms with van der Waals surface area (Å²) in [5.74, 6) is 1.30. The van der Waals surface area contributed by atoms with Crippen LogP contribution in [0.2, 0.25) is 0 Å². The van der Waals surface area contributed by atoms with Crippen LogP contribution in [0.1, 0.15) is 35.8 Å². The van der Waals surface area contributed by atoms with Gasteiger partial charge in [-0.1, -0.05) is 6.07 Å². The van der Waals surface area contributed by atoms with Crippen molar-refractivity contribution in [3.63, 3.8) is 0 Å². The second kappa shape index (κ2) is 6.27. The summed E-state index contributed by atoms with van der Waals surface area (Å²) in [6, 6.07) is 7.95. The zero-order valence-electron chi connectivity index (χ0n) is 12.7. The largest absolute Gasteiger partial charge is 0.393 e. The Bertz CT molecular complexity index is 655. The normalized spacial score (nSPS) is 20.5. The average Bonchev–Trinajstić information content (AvgIpc) is 2.43. The summed E-state index contributed by atoms with van der Waals surface area (Å²) < 4.78 is 0. The Hall–Kier alpha value is -2.21. The molecule has 0 amide bonds. The molecule has 3 rings (SSSR count). The molecule has 0 spiro atoms. The lowest BCUT2D eigenvalue weighted by Crippen LogP contribution is -2.27. The number of aliphatic hydroxyl groups excluding tert-OH is 1. The molecule has 2 heterocycles. The van der Waals surface area contributed by atoms with Crippen LogP contribution in [-0.4, -0.2) is 32.7 Å². The van der Waals surface area contributed by atoms with Crippen molar-refractivity contribution in [3.8, 4) is 0 Å². The molecule has 0 radical (unpaired) electrons. The fourth-order valence-electron chi connectivity index (χ4n) is 2.67. The molecular formula is C16H21N5O. The first kappa shape index (κ1) is 14.7. The number of nitrogens with zero attached hydrogens (tertiary/aromatic N) is 3.